The Morgan fingerprint density at radius 2 is 0.917 bits per heavy atom. The van der Waals surface area contributed by atoms with Gasteiger partial charge >= 0.3 is 23.9 Å². The van der Waals surface area contributed by atoms with Gasteiger partial charge in [-0.3, -0.25) is 9.59 Å². The molecular weight excluding hydrogens is 472 g/mol. The summed E-state index contributed by atoms with van der Waals surface area (Å²) in [5.74, 6) is -2.87. The number of ether oxygens (including phenoxy) is 4. The van der Waals surface area contributed by atoms with Gasteiger partial charge in [0.15, 0.2) is 0 Å². The lowest BCUT2D eigenvalue weighted by Crippen LogP contribution is -2.25. The number of benzene rings is 2. The molecular formula is C26H30O10. The van der Waals surface area contributed by atoms with E-state index >= 15 is 0 Å². The first-order valence-corrected chi connectivity index (χ1v) is 11.0. The third kappa shape index (κ3) is 8.30. The predicted molar refractivity (Wildman–Crippen MR) is 126 cm³/mol. The van der Waals surface area contributed by atoms with Crippen LogP contribution in [0.25, 0.3) is 0 Å². The highest BCUT2D eigenvalue weighted by molar-refractivity contribution is 5.95. The molecule has 0 aromatic heterocycles. The number of carbonyl (C=O) groups excluding carboxylic acids is 4. The van der Waals surface area contributed by atoms with Gasteiger partial charge in [-0.2, -0.15) is 0 Å². The van der Waals surface area contributed by atoms with Crippen LogP contribution in [0.1, 0.15) is 62.3 Å². The molecule has 0 saturated heterocycles. The summed E-state index contributed by atoms with van der Waals surface area (Å²) in [7, 11) is 0. The van der Waals surface area contributed by atoms with Crippen molar-refractivity contribution in [1.82, 2.24) is 0 Å². The second kappa shape index (κ2) is 12.1. The number of rotatable bonds is 8. The van der Waals surface area contributed by atoms with E-state index in [1.807, 2.05) is 0 Å². The van der Waals surface area contributed by atoms with Crippen molar-refractivity contribution >= 4 is 23.9 Å². The van der Waals surface area contributed by atoms with Crippen LogP contribution in [-0.4, -0.2) is 37.5 Å². The van der Waals surface area contributed by atoms with Crippen molar-refractivity contribution < 1.29 is 47.9 Å². The summed E-state index contributed by atoms with van der Waals surface area (Å²) in [4.78, 5) is 58.1. The molecule has 0 aliphatic rings. The lowest BCUT2D eigenvalue weighted by Gasteiger charge is -2.17. The van der Waals surface area contributed by atoms with Crippen LogP contribution >= 0.6 is 0 Å². The van der Waals surface area contributed by atoms with E-state index in [-0.39, 0.29) is 22.6 Å². The number of hydrogen-bond donors (Lipinski definition) is 0. The Kier molecular flexibility index (Phi) is 9.43. The van der Waals surface area contributed by atoms with Gasteiger partial charge in [0, 0.05) is 0 Å². The maximum atomic E-state index is 12.5. The molecule has 0 amide bonds. The topological polar surface area (TPSA) is 124 Å². The first kappa shape index (κ1) is 28.2. The minimum absolute atomic E-state index is 0.0595. The van der Waals surface area contributed by atoms with E-state index in [0.717, 1.165) is 0 Å². The molecule has 0 aliphatic heterocycles. The van der Waals surface area contributed by atoms with Crippen molar-refractivity contribution in [1.29, 1.82) is 0 Å². The molecule has 194 valence electrons. The summed E-state index contributed by atoms with van der Waals surface area (Å²) in [6, 6.07) is 12.0. The lowest BCUT2D eigenvalue weighted by molar-refractivity contribution is -0.188. The van der Waals surface area contributed by atoms with E-state index in [0.29, 0.717) is 0 Å². The Morgan fingerprint density at radius 3 is 1.25 bits per heavy atom. The Hall–Kier alpha value is -4.08. The Bertz CT molecular complexity index is 1000. The fourth-order valence-electron chi connectivity index (χ4n) is 2.41. The molecule has 0 N–H and O–H groups in total. The predicted octanol–water partition coefficient (Wildman–Crippen LogP) is 4.47. The Morgan fingerprint density at radius 1 is 0.583 bits per heavy atom. The first-order valence-electron chi connectivity index (χ1n) is 11.0. The molecule has 2 aromatic carbocycles. The summed E-state index contributed by atoms with van der Waals surface area (Å²) in [6.45, 7) is 9.29. The molecule has 10 heteroatoms. The van der Waals surface area contributed by atoms with Gasteiger partial charge < -0.3 is 18.9 Å². The summed E-state index contributed by atoms with van der Waals surface area (Å²) in [5.41, 5.74) is -1.55. The first-order chi connectivity index (χ1) is 16.8. The average Bonchev–Trinajstić information content (AvgIpc) is 2.81. The third-order valence-corrected chi connectivity index (χ3v) is 4.44. The molecule has 0 spiro atoms. The SMILES string of the molecule is CC(C)(C)C(=O)OCOc1ccccc1C(=O)OOC(=O)c1ccccc1OCOC(=O)C(C)(C)C. The van der Waals surface area contributed by atoms with Gasteiger partial charge in [0.2, 0.25) is 13.6 Å². The standard InChI is InChI=1S/C26H30O10/c1-25(2,3)23(29)33-15-31-19-13-9-7-11-17(19)21(27)35-36-22(28)18-12-8-10-14-20(18)32-16-34-24(30)26(4,5)6/h7-14H,15-16H2,1-6H3. The van der Waals surface area contributed by atoms with Gasteiger partial charge in [0.25, 0.3) is 0 Å². The second-order valence-electron chi connectivity index (χ2n) is 9.62. The van der Waals surface area contributed by atoms with Gasteiger partial charge in [-0.05, 0) is 65.8 Å². The van der Waals surface area contributed by atoms with Gasteiger partial charge in [0.1, 0.15) is 22.6 Å². The molecule has 0 atom stereocenters. The summed E-state index contributed by atoms with van der Waals surface area (Å²) in [6.07, 6.45) is 0. The van der Waals surface area contributed by atoms with Crippen LogP contribution in [0.15, 0.2) is 48.5 Å². The fourth-order valence-corrected chi connectivity index (χ4v) is 2.41. The Labute approximate surface area is 209 Å². The third-order valence-electron chi connectivity index (χ3n) is 4.44. The normalized spacial score (nSPS) is 11.2. The van der Waals surface area contributed by atoms with Crippen LogP contribution in [0, 0.1) is 10.8 Å². The number of esters is 2. The highest BCUT2D eigenvalue weighted by Crippen LogP contribution is 2.23. The largest absolute Gasteiger partial charge is 0.456 e. The molecule has 0 aliphatic carbocycles. The van der Waals surface area contributed by atoms with Crippen molar-refractivity contribution in [3.05, 3.63) is 59.7 Å². The zero-order valence-electron chi connectivity index (χ0n) is 21.1. The van der Waals surface area contributed by atoms with Crippen LogP contribution in [-0.2, 0) is 28.8 Å². The van der Waals surface area contributed by atoms with Crippen LogP contribution < -0.4 is 9.47 Å². The highest BCUT2D eigenvalue weighted by atomic mass is 17.2. The molecule has 0 radical (unpaired) electrons. The van der Waals surface area contributed by atoms with Gasteiger partial charge in [0.05, 0.1) is 10.8 Å². The summed E-state index contributed by atoms with van der Waals surface area (Å²) < 4.78 is 20.8. The lowest BCUT2D eigenvalue weighted by atomic mass is 9.97. The van der Waals surface area contributed by atoms with Crippen LogP contribution in [0.4, 0.5) is 0 Å². The Balaban J connectivity index is 1.97. The zero-order valence-corrected chi connectivity index (χ0v) is 21.1. The molecule has 0 fully saturated rings. The van der Waals surface area contributed by atoms with Crippen molar-refractivity contribution in [3.8, 4) is 11.5 Å². The molecule has 2 rings (SSSR count). The molecule has 2 aromatic rings. The van der Waals surface area contributed by atoms with Crippen molar-refractivity contribution in [2.75, 3.05) is 13.6 Å². The number of para-hydroxylation sites is 2. The van der Waals surface area contributed by atoms with E-state index in [2.05, 4.69) is 0 Å². The molecule has 0 unspecified atom stereocenters. The second-order valence-corrected chi connectivity index (χ2v) is 9.62. The highest BCUT2D eigenvalue weighted by Gasteiger charge is 2.25. The smallest absolute Gasteiger partial charge is 0.390 e. The van der Waals surface area contributed by atoms with Crippen LogP contribution in [0.3, 0.4) is 0 Å². The summed E-state index contributed by atoms with van der Waals surface area (Å²) >= 11 is 0. The molecule has 0 bridgehead atoms. The summed E-state index contributed by atoms with van der Waals surface area (Å²) in [5, 5.41) is 0. The van der Waals surface area contributed by atoms with E-state index in [9.17, 15) is 19.2 Å². The van der Waals surface area contributed by atoms with Crippen molar-refractivity contribution in [3.63, 3.8) is 0 Å². The van der Waals surface area contributed by atoms with Crippen molar-refractivity contribution in [2.24, 2.45) is 10.8 Å². The maximum absolute atomic E-state index is 12.5. The van der Waals surface area contributed by atoms with E-state index in [4.69, 9.17) is 28.7 Å². The van der Waals surface area contributed by atoms with E-state index < -0.39 is 48.3 Å². The molecule has 0 heterocycles. The van der Waals surface area contributed by atoms with Crippen LogP contribution in [0.2, 0.25) is 0 Å². The van der Waals surface area contributed by atoms with Gasteiger partial charge in [-0.15, -0.1) is 0 Å². The monoisotopic (exact) mass is 502 g/mol. The zero-order chi connectivity index (χ0) is 26.9. The maximum Gasteiger partial charge on any atom is 0.390 e. The fraction of sp³-hybridized carbons (Fsp3) is 0.385. The average molecular weight is 503 g/mol. The van der Waals surface area contributed by atoms with Crippen LogP contribution in [0.5, 0.6) is 11.5 Å². The van der Waals surface area contributed by atoms with Gasteiger partial charge in [-0.25, -0.2) is 19.4 Å². The quantitative estimate of drug-likeness (QED) is 0.221. The van der Waals surface area contributed by atoms with E-state index in [1.54, 1.807) is 65.8 Å². The minimum Gasteiger partial charge on any atom is -0.456 e. The number of carbonyl (C=O) groups is 4. The van der Waals surface area contributed by atoms with Gasteiger partial charge in [-0.1, -0.05) is 24.3 Å². The molecule has 10 nitrogen and oxygen atoms in total. The molecule has 0 saturated carbocycles. The minimum atomic E-state index is -1.02. The number of hydrogen-bond acceptors (Lipinski definition) is 10. The molecule has 36 heavy (non-hydrogen) atoms. The van der Waals surface area contributed by atoms with E-state index in [1.165, 1.54) is 24.3 Å². The van der Waals surface area contributed by atoms with Crippen molar-refractivity contribution in [2.45, 2.75) is 41.5 Å².